The predicted octanol–water partition coefficient (Wildman–Crippen LogP) is 5.84. The Morgan fingerprint density at radius 1 is 0.577 bits per heavy atom. The fourth-order valence-corrected chi connectivity index (χ4v) is 2.94. The molecule has 124 valence electrons. The van der Waals surface area contributed by atoms with Crippen molar-refractivity contribution >= 4 is 28.0 Å². The summed E-state index contributed by atoms with van der Waals surface area (Å²) in [5, 5.41) is 2.16. The van der Waals surface area contributed by atoms with E-state index in [0.29, 0.717) is 11.3 Å². The second-order valence-electron chi connectivity index (χ2n) is 6.05. The van der Waals surface area contributed by atoms with Crippen molar-refractivity contribution in [3.8, 4) is 0 Å². The molecule has 0 aliphatic heterocycles. The summed E-state index contributed by atoms with van der Waals surface area (Å²) in [6, 6.07) is 33.0. The Balaban J connectivity index is 1.82. The smallest absolute Gasteiger partial charge is 0.211 e. The zero-order valence-corrected chi connectivity index (χ0v) is 14.2. The summed E-state index contributed by atoms with van der Waals surface area (Å²) < 4.78 is 0. The largest absolute Gasteiger partial charge is 0.287 e. The van der Waals surface area contributed by atoms with Gasteiger partial charge in [0.15, 0.2) is 0 Å². The molecule has 0 atom stereocenters. The molecule has 0 radical (unpaired) electrons. The molecule has 4 aromatic carbocycles. The Labute approximate surface area is 152 Å². The Kier molecular flexibility index (Phi) is 4.40. The Bertz CT molecular complexity index is 1080. The average molecular weight is 335 g/mol. The molecule has 0 aliphatic rings. The number of ketones is 1. The van der Waals surface area contributed by atoms with Crippen LogP contribution in [0.1, 0.15) is 15.9 Å². The van der Waals surface area contributed by atoms with Crippen molar-refractivity contribution < 1.29 is 4.79 Å². The van der Waals surface area contributed by atoms with E-state index in [9.17, 15) is 4.79 Å². The molecule has 0 heterocycles. The van der Waals surface area contributed by atoms with E-state index >= 15 is 0 Å². The lowest BCUT2D eigenvalue weighted by atomic mass is 9.98. The quantitative estimate of drug-likeness (QED) is 0.340. The third kappa shape index (κ3) is 3.31. The molecule has 0 aromatic heterocycles. The SMILES string of the molecule is O=C(C(=Nc1ccccc1)c1ccccc1)c1ccc2ccccc2c1. The Morgan fingerprint density at radius 2 is 1.19 bits per heavy atom. The summed E-state index contributed by atoms with van der Waals surface area (Å²) in [6.07, 6.45) is 0. The lowest BCUT2D eigenvalue weighted by molar-refractivity contribution is 0.106. The van der Waals surface area contributed by atoms with Gasteiger partial charge < -0.3 is 0 Å². The van der Waals surface area contributed by atoms with Crippen molar-refractivity contribution in [3.63, 3.8) is 0 Å². The first-order chi connectivity index (χ1) is 12.8. The summed E-state index contributed by atoms with van der Waals surface area (Å²) in [6.45, 7) is 0. The molecule has 0 amide bonds. The first-order valence-electron chi connectivity index (χ1n) is 8.54. The summed E-state index contributed by atoms with van der Waals surface area (Å²) in [7, 11) is 0. The second kappa shape index (κ2) is 7.16. The summed E-state index contributed by atoms with van der Waals surface area (Å²) in [5.74, 6) is -0.0780. The van der Waals surface area contributed by atoms with Crippen LogP contribution in [0.15, 0.2) is 108 Å². The minimum atomic E-state index is -0.0780. The number of aliphatic imine (C=N–C) groups is 1. The van der Waals surface area contributed by atoms with E-state index in [2.05, 4.69) is 4.99 Å². The van der Waals surface area contributed by atoms with Crippen molar-refractivity contribution in [2.24, 2.45) is 4.99 Å². The van der Waals surface area contributed by atoms with E-state index in [1.54, 1.807) is 0 Å². The maximum absolute atomic E-state index is 13.3. The number of rotatable bonds is 4. The summed E-state index contributed by atoms with van der Waals surface area (Å²) in [5.41, 5.74) is 2.67. The molecule has 4 rings (SSSR count). The average Bonchev–Trinajstić information content (AvgIpc) is 2.72. The van der Waals surface area contributed by atoms with E-state index in [1.165, 1.54) is 0 Å². The molecule has 0 saturated carbocycles. The first kappa shape index (κ1) is 16.0. The number of hydrogen-bond donors (Lipinski definition) is 0. The van der Waals surface area contributed by atoms with Gasteiger partial charge in [-0.2, -0.15) is 0 Å². The van der Waals surface area contributed by atoms with Crippen LogP contribution in [-0.2, 0) is 0 Å². The van der Waals surface area contributed by atoms with Crippen molar-refractivity contribution in [1.29, 1.82) is 0 Å². The molecular weight excluding hydrogens is 318 g/mol. The number of Topliss-reactive ketones (excluding diaryl/α,β-unsaturated/α-hetero) is 1. The molecule has 0 aliphatic carbocycles. The topological polar surface area (TPSA) is 29.4 Å². The fraction of sp³-hybridized carbons (Fsp3) is 0. The van der Waals surface area contributed by atoms with E-state index in [-0.39, 0.29) is 5.78 Å². The Morgan fingerprint density at radius 3 is 1.92 bits per heavy atom. The zero-order valence-electron chi connectivity index (χ0n) is 14.2. The number of benzene rings is 4. The van der Waals surface area contributed by atoms with Crippen LogP contribution in [0.2, 0.25) is 0 Å². The van der Waals surface area contributed by atoms with Crippen molar-refractivity contribution in [3.05, 3.63) is 114 Å². The van der Waals surface area contributed by atoms with E-state index < -0.39 is 0 Å². The van der Waals surface area contributed by atoms with Gasteiger partial charge >= 0.3 is 0 Å². The van der Waals surface area contributed by atoms with Crippen LogP contribution in [0.5, 0.6) is 0 Å². The first-order valence-corrected chi connectivity index (χ1v) is 8.54. The van der Waals surface area contributed by atoms with Crippen LogP contribution < -0.4 is 0 Å². The zero-order chi connectivity index (χ0) is 17.8. The minimum absolute atomic E-state index is 0.0780. The van der Waals surface area contributed by atoms with E-state index in [0.717, 1.165) is 22.0 Å². The van der Waals surface area contributed by atoms with Crippen molar-refractivity contribution in [1.82, 2.24) is 0 Å². The van der Waals surface area contributed by atoms with Gasteiger partial charge in [-0.1, -0.05) is 84.9 Å². The van der Waals surface area contributed by atoms with Gasteiger partial charge in [-0.3, -0.25) is 4.79 Å². The number of fused-ring (bicyclic) bond motifs is 1. The molecule has 0 N–H and O–H groups in total. The molecule has 0 fully saturated rings. The van der Waals surface area contributed by atoms with Gasteiger partial charge in [0.25, 0.3) is 0 Å². The third-order valence-corrected chi connectivity index (χ3v) is 4.27. The van der Waals surface area contributed by atoms with Gasteiger partial charge in [0.05, 0.1) is 5.69 Å². The highest BCUT2D eigenvalue weighted by Crippen LogP contribution is 2.20. The van der Waals surface area contributed by atoms with Gasteiger partial charge in [0, 0.05) is 11.1 Å². The van der Waals surface area contributed by atoms with Gasteiger partial charge in [-0.05, 0) is 29.0 Å². The van der Waals surface area contributed by atoms with Crippen molar-refractivity contribution in [2.75, 3.05) is 0 Å². The monoisotopic (exact) mass is 335 g/mol. The highest BCUT2D eigenvalue weighted by molar-refractivity contribution is 6.52. The van der Waals surface area contributed by atoms with Crippen LogP contribution in [0.3, 0.4) is 0 Å². The number of nitrogens with zero attached hydrogens (tertiary/aromatic N) is 1. The molecular formula is C24H17NO. The van der Waals surface area contributed by atoms with Gasteiger partial charge in [0.2, 0.25) is 5.78 Å². The number of carbonyl (C=O) groups excluding carboxylic acids is 1. The maximum Gasteiger partial charge on any atom is 0.211 e. The molecule has 26 heavy (non-hydrogen) atoms. The van der Waals surface area contributed by atoms with Crippen LogP contribution in [0, 0.1) is 0 Å². The van der Waals surface area contributed by atoms with Gasteiger partial charge in [0.1, 0.15) is 5.71 Å². The molecule has 4 aromatic rings. The standard InChI is InChI=1S/C24H17NO/c26-24(21-16-15-18-9-7-8-12-20(18)17-21)23(19-10-3-1-4-11-19)25-22-13-5-2-6-14-22/h1-17H. The fourth-order valence-electron chi connectivity index (χ4n) is 2.94. The van der Waals surface area contributed by atoms with Crippen molar-refractivity contribution in [2.45, 2.75) is 0 Å². The van der Waals surface area contributed by atoms with Gasteiger partial charge in [-0.25, -0.2) is 4.99 Å². The lowest BCUT2D eigenvalue weighted by Gasteiger charge is -2.08. The van der Waals surface area contributed by atoms with E-state index in [4.69, 9.17) is 0 Å². The normalized spacial score (nSPS) is 11.5. The highest BCUT2D eigenvalue weighted by Gasteiger charge is 2.16. The third-order valence-electron chi connectivity index (χ3n) is 4.27. The summed E-state index contributed by atoms with van der Waals surface area (Å²) >= 11 is 0. The van der Waals surface area contributed by atoms with Crippen LogP contribution in [0.25, 0.3) is 10.8 Å². The lowest BCUT2D eigenvalue weighted by Crippen LogP contribution is -2.15. The van der Waals surface area contributed by atoms with Crippen LogP contribution in [0.4, 0.5) is 5.69 Å². The van der Waals surface area contributed by atoms with Crippen LogP contribution >= 0.6 is 0 Å². The second-order valence-corrected chi connectivity index (χ2v) is 6.05. The maximum atomic E-state index is 13.3. The highest BCUT2D eigenvalue weighted by atomic mass is 16.1. The Hall–Kier alpha value is -3.52. The number of hydrogen-bond acceptors (Lipinski definition) is 2. The summed E-state index contributed by atoms with van der Waals surface area (Å²) in [4.78, 5) is 17.9. The molecule has 0 saturated heterocycles. The molecule has 2 heteroatoms. The number of carbonyl (C=O) groups is 1. The van der Waals surface area contributed by atoms with E-state index in [1.807, 2.05) is 103 Å². The molecule has 0 bridgehead atoms. The van der Waals surface area contributed by atoms with Crippen LogP contribution in [-0.4, -0.2) is 11.5 Å². The number of para-hydroxylation sites is 1. The molecule has 0 unspecified atom stereocenters. The molecule has 0 spiro atoms. The predicted molar refractivity (Wildman–Crippen MR) is 107 cm³/mol. The molecule has 2 nitrogen and oxygen atoms in total. The van der Waals surface area contributed by atoms with Gasteiger partial charge in [-0.15, -0.1) is 0 Å². The minimum Gasteiger partial charge on any atom is -0.287 e.